The summed E-state index contributed by atoms with van der Waals surface area (Å²) in [5.41, 5.74) is 2.83. The number of carbonyl (C=O) groups is 3. The third-order valence-corrected chi connectivity index (χ3v) is 14.1. The zero-order valence-corrected chi connectivity index (χ0v) is 26.3. The topological polar surface area (TPSA) is 99.1 Å². The van der Waals surface area contributed by atoms with Crippen molar-refractivity contribution in [3.63, 3.8) is 0 Å². The molecule has 2 saturated carbocycles. The Balaban J connectivity index is 1.39. The Morgan fingerprint density at radius 1 is 1.00 bits per heavy atom. The molecule has 6 rings (SSSR count). The molecule has 0 radical (unpaired) electrons. The minimum absolute atomic E-state index is 0.00561. The van der Waals surface area contributed by atoms with Crippen LogP contribution in [0.1, 0.15) is 113 Å². The van der Waals surface area contributed by atoms with E-state index in [9.17, 15) is 14.4 Å². The van der Waals surface area contributed by atoms with Gasteiger partial charge in [-0.2, -0.15) is 0 Å². The van der Waals surface area contributed by atoms with Crippen molar-refractivity contribution in [2.75, 3.05) is 0 Å². The van der Waals surface area contributed by atoms with Gasteiger partial charge >= 0.3 is 17.9 Å². The molecule has 7 heteroatoms. The second kappa shape index (κ2) is 9.06. The van der Waals surface area contributed by atoms with E-state index in [-0.39, 0.29) is 51.7 Å². The van der Waals surface area contributed by atoms with Crippen molar-refractivity contribution < 1.29 is 33.7 Å². The largest absolute Gasteiger partial charge is 0.481 e. The quantitative estimate of drug-likeness (QED) is 0.229. The summed E-state index contributed by atoms with van der Waals surface area (Å²) in [6, 6.07) is 0. The summed E-state index contributed by atoms with van der Waals surface area (Å²) < 4.78 is 19.3. The lowest BCUT2D eigenvalue weighted by molar-refractivity contribution is -0.269. The number of hydrogen-bond donors (Lipinski definition) is 1. The Morgan fingerprint density at radius 3 is 2.34 bits per heavy atom. The normalized spacial score (nSPS) is 50.0. The van der Waals surface area contributed by atoms with E-state index in [2.05, 4.69) is 48.5 Å². The number of ether oxygens (including phenoxy) is 3. The fourth-order valence-electron chi connectivity index (χ4n) is 11.5. The molecule has 0 amide bonds. The Bertz CT molecular complexity index is 1200. The van der Waals surface area contributed by atoms with Crippen molar-refractivity contribution in [2.24, 2.45) is 51.2 Å². The first kappa shape index (κ1) is 29.2. The van der Waals surface area contributed by atoms with Crippen LogP contribution in [-0.4, -0.2) is 41.0 Å². The van der Waals surface area contributed by atoms with E-state index in [4.69, 9.17) is 19.3 Å². The fraction of sp³-hybridized carbons (Fsp3) is 0.853. The van der Waals surface area contributed by atoms with E-state index >= 15 is 0 Å². The molecule has 0 unspecified atom stereocenters. The van der Waals surface area contributed by atoms with Crippen LogP contribution in [0.25, 0.3) is 0 Å². The third kappa shape index (κ3) is 3.75. The van der Waals surface area contributed by atoms with E-state index in [0.29, 0.717) is 17.8 Å². The predicted molar refractivity (Wildman–Crippen MR) is 152 cm³/mol. The number of carbonyl (C=O) groups excluding carboxylic acids is 2. The summed E-state index contributed by atoms with van der Waals surface area (Å²) in [6.45, 7) is 18.3. The smallest absolute Gasteiger partial charge is 0.317 e. The molecule has 2 heterocycles. The number of aliphatic carboxylic acids is 1. The first-order chi connectivity index (χ1) is 19.0. The third-order valence-electron chi connectivity index (χ3n) is 14.1. The van der Waals surface area contributed by atoms with Crippen LogP contribution in [0.4, 0.5) is 0 Å². The minimum Gasteiger partial charge on any atom is -0.481 e. The second-order valence-corrected chi connectivity index (χ2v) is 15.9. The zero-order chi connectivity index (χ0) is 29.9. The minimum atomic E-state index is -1.15. The summed E-state index contributed by atoms with van der Waals surface area (Å²) in [5, 5.41) is 9.10. The van der Waals surface area contributed by atoms with Crippen LogP contribution in [0, 0.1) is 51.2 Å². The van der Waals surface area contributed by atoms with Gasteiger partial charge in [0.2, 0.25) is 5.79 Å². The van der Waals surface area contributed by atoms with Crippen LogP contribution in [-0.2, 0) is 28.6 Å². The Labute approximate surface area is 245 Å². The Hall–Kier alpha value is -1.89. The lowest BCUT2D eigenvalue weighted by Gasteiger charge is -2.63. The van der Waals surface area contributed by atoms with Crippen LogP contribution in [0.15, 0.2) is 11.1 Å². The Kier molecular flexibility index (Phi) is 6.45. The zero-order valence-electron chi connectivity index (χ0n) is 26.3. The SMILES string of the molecule is C[C@@H]1C[C@@]2(OC(=O)[C@H](C)[C@H]2C)O[C@@H]2CC3=C(CC[C@H]4C(C)(C)[C@H](OC(=O)CC(=O)O)CC[C@]34C)[C@]3(C)CC[C@H]1[C@@]23C. The van der Waals surface area contributed by atoms with Gasteiger partial charge in [-0.25, -0.2) is 0 Å². The number of allylic oxidation sites excluding steroid dienone is 1. The fourth-order valence-corrected chi connectivity index (χ4v) is 11.5. The summed E-state index contributed by atoms with van der Waals surface area (Å²) in [7, 11) is 0. The van der Waals surface area contributed by atoms with Crippen molar-refractivity contribution >= 4 is 17.9 Å². The summed E-state index contributed by atoms with van der Waals surface area (Å²) >= 11 is 0. The molecule has 11 atom stereocenters. The molecule has 1 N–H and O–H groups in total. The molecular formula is C34H50O7. The maximum absolute atomic E-state index is 12.9. The van der Waals surface area contributed by atoms with Crippen LogP contribution in [0.3, 0.4) is 0 Å². The Morgan fingerprint density at radius 2 is 1.71 bits per heavy atom. The molecule has 0 aromatic carbocycles. The van der Waals surface area contributed by atoms with Gasteiger partial charge in [0.25, 0.3) is 0 Å². The van der Waals surface area contributed by atoms with Gasteiger partial charge in [0.1, 0.15) is 12.5 Å². The van der Waals surface area contributed by atoms with Gasteiger partial charge in [-0.05, 0) is 73.5 Å². The van der Waals surface area contributed by atoms with Crippen LogP contribution >= 0.6 is 0 Å². The molecule has 7 nitrogen and oxygen atoms in total. The molecule has 1 spiro atoms. The first-order valence-corrected chi connectivity index (χ1v) is 16.1. The standard InChI is InChI=1S/C34H50O7/c1-18-17-34(20(3)19(2)29(38)41-34)40-26-15-23-22(32(7)14-11-21(18)33(26,32)8)9-10-24-30(4,5)25(12-13-31(23,24)6)39-28(37)16-27(35)36/h18-21,24-26H,9-17H2,1-8H3,(H,35,36)/t18-,19-,20-,21-,24+,25-,26-,31-,32+,33+,34+/m1/s1. The monoisotopic (exact) mass is 570 g/mol. The van der Waals surface area contributed by atoms with Crippen LogP contribution in [0.2, 0.25) is 0 Å². The highest BCUT2D eigenvalue weighted by molar-refractivity contribution is 5.90. The molecule has 228 valence electrons. The molecular weight excluding hydrogens is 520 g/mol. The highest BCUT2D eigenvalue weighted by atomic mass is 16.7. The number of hydrogen-bond acceptors (Lipinski definition) is 6. The number of rotatable bonds is 3. The highest BCUT2D eigenvalue weighted by Crippen LogP contribution is 2.74. The summed E-state index contributed by atoms with van der Waals surface area (Å²) in [5.74, 6) is -1.75. The van der Waals surface area contributed by atoms with Gasteiger partial charge in [-0.15, -0.1) is 0 Å². The van der Waals surface area contributed by atoms with E-state index in [1.165, 1.54) is 12.0 Å². The molecule has 4 aliphatic carbocycles. The second-order valence-electron chi connectivity index (χ2n) is 15.9. The van der Waals surface area contributed by atoms with E-state index in [1.54, 1.807) is 5.57 Å². The molecule has 0 bridgehead atoms. The lowest BCUT2D eigenvalue weighted by Crippen LogP contribution is -2.59. The van der Waals surface area contributed by atoms with Crippen molar-refractivity contribution in [1.82, 2.24) is 0 Å². The number of esters is 2. The van der Waals surface area contributed by atoms with Crippen molar-refractivity contribution in [2.45, 2.75) is 131 Å². The van der Waals surface area contributed by atoms with Gasteiger partial charge in [0.15, 0.2) is 0 Å². The van der Waals surface area contributed by atoms with Gasteiger partial charge in [-0.1, -0.05) is 66.5 Å². The van der Waals surface area contributed by atoms with Crippen molar-refractivity contribution in [3.05, 3.63) is 11.1 Å². The molecule has 41 heavy (non-hydrogen) atoms. The maximum atomic E-state index is 12.9. The molecule has 0 aromatic heterocycles. The van der Waals surface area contributed by atoms with Gasteiger partial charge < -0.3 is 19.3 Å². The van der Waals surface area contributed by atoms with Crippen molar-refractivity contribution in [3.8, 4) is 0 Å². The predicted octanol–water partition coefficient (Wildman–Crippen LogP) is 6.68. The van der Waals surface area contributed by atoms with Crippen LogP contribution < -0.4 is 0 Å². The molecule has 0 aromatic rings. The maximum Gasteiger partial charge on any atom is 0.317 e. The molecule has 2 aliphatic heterocycles. The lowest BCUT2D eigenvalue weighted by atomic mass is 9.42. The van der Waals surface area contributed by atoms with Gasteiger partial charge in [-0.3, -0.25) is 14.4 Å². The van der Waals surface area contributed by atoms with E-state index < -0.39 is 24.1 Å². The summed E-state index contributed by atoms with van der Waals surface area (Å²) in [6.07, 6.45) is 6.74. The molecule has 2 saturated heterocycles. The summed E-state index contributed by atoms with van der Waals surface area (Å²) in [4.78, 5) is 36.4. The molecule has 6 aliphatic rings. The van der Waals surface area contributed by atoms with E-state index in [0.717, 1.165) is 44.9 Å². The average molecular weight is 571 g/mol. The van der Waals surface area contributed by atoms with Crippen LogP contribution in [0.5, 0.6) is 0 Å². The number of carboxylic acid groups (broad SMARTS) is 1. The molecule has 4 fully saturated rings. The highest BCUT2D eigenvalue weighted by Gasteiger charge is 2.70. The first-order valence-electron chi connectivity index (χ1n) is 16.1. The van der Waals surface area contributed by atoms with Gasteiger partial charge in [0, 0.05) is 23.2 Å². The number of fused-ring (bicyclic) bond motifs is 3. The van der Waals surface area contributed by atoms with Gasteiger partial charge in [0.05, 0.1) is 12.0 Å². The van der Waals surface area contributed by atoms with Crippen molar-refractivity contribution in [1.29, 1.82) is 0 Å². The number of carboxylic acids is 1. The average Bonchev–Trinajstić information content (AvgIpc) is 3.23. The van der Waals surface area contributed by atoms with E-state index in [1.807, 2.05) is 6.92 Å².